The van der Waals surface area contributed by atoms with Crippen LogP contribution in [0.2, 0.25) is 0 Å². The van der Waals surface area contributed by atoms with Crippen molar-refractivity contribution in [1.82, 2.24) is 30.6 Å². The fourth-order valence-corrected chi connectivity index (χ4v) is 3.28. The van der Waals surface area contributed by atoms with Crippen LogP contribution in [0.5, 0.6) is 0 Å². The molecule has 0 atom stereocenters. The van der Waals surface area contributed by atoms with Crippen molar-refractivity contribution in [3.05, 3.63) is 48.0 Å². The number of hydrogen-bond acceptors (Lipinski definition) is 5. The van der Waals surface area contributed by atoms with Gasteiger partial charge in [-0.3, -0.25) is 9.78 Å². The van der Waals surface area contributed by atoms with E-state index < -0.39 is 0 Å². The van der Waals surface area contributed by atoms with E-state index in [2.05, 4.69) is 25.9 Å². The lowest BCUT2D eigenvalue weighted by Gasteiger charge is -2.23. The Morgan fingerprint density at radius 3 is 2.96 bits per heavy atom. The van der Waals surface area contributed by atoms with Gasteiger partial charge in [-0.2, -0.15) is 0 Å². The van der Waals surface area contributed by atoms with Gasteiger partial charge in [0.25, 0.3) is 5.91 Å². The molecule has 7 heteroatoms. The first-order chi connectivity index (χ1) is 12.2. The molecule has 0 aliphatic carbocycles. The second-order valence-corrected chi connectivity index (χ2v) is 6.31. The van der Waals surface area contributed by atoms with Crippen LogP contribution in [-0.2, 0) is 0 Å². The molecule has 3 heterocycles. The number of carbonyl (C=O) groups excluding carboxylic acids is 1. The zero-order chi connectivity index (χ0) is 17.2. The van der Waals surface area contributed by atoms with E-state index in [0.29, 0.717) is 5.69 Å². The van der Waals surface area contributed by atoms with Crippen molar-refractivity contribution >= 4 is 16.7 Å². The first-order valence-electron chi connectivity index (χ1n) is 8.51. The van der Waals surface area contributed by atoms with E-state index in [4.69, 9.17) is 0 Å². The minimum absolute atomic E-state index is 0.155. The Hall–Kier alpha value is -2.80. The number of nitrogens with one attached hydrogen (secondary N) is 2. The molecule has 4 rings (SSSR count). The summed E-state index contributed by atoms with van der Waals surface area (Å²) in [6, 6.07) is 8.07. The maximum Gasteiger partial charge on any atom is 0.273 e. The lowest BCUT2D eigenvalue weighted by atomic mass is 10.1. The van der Waals surface area contributed by atoms with Gasteiger partial charge in [0.1, 0.15) is 0 Å². The van der Waals surface area contributed by atoms with E-state index >= 15 is 0 Å². The highest BCUT2D eigenvalue weighted by atomic mass is 16.2. The molecule has 3 aromatic rings. The van der Waals surface area contributed by atoms with Crippen LogP contribution in [0.4, 0.5) is 0 Å². The Labute approximate surface area is 145 Å². The molecular weight excluding hydrogens is 316 g/mol. The van der Waals surface area contributed by atoms with Crippen LogP contribution in [0.3, 0.4) is 0 Å². The molecule has 0 radical (unpaired) electrons. The van der Waals surface area contributed by atoms with Crippen molar-refractivity contribution in [2.75, 3.05) is 13.1 Å². The van der Waals surface area contributed by atoms with Crippen LogP contribution in [0, 0.1) is 6.92 Å². The predicted octanol–water partition coefficient (Wildman–Crippen LogP) is 1.61. The second-order valence-electron chi connectivity index (χ2n) is 6.31. The molecule has 2 aromatic heterocycles. The number of aromatic nitrogens is 4. The van der Waals surface area contributed by atoms with Gasteiger partial charge in [-0.25, -0.2) is 4.68 Å². The SMILES string of the molecule is Cc1c(C(=O)NC2CCNCC2)nnn1-c1cccc2cnccc12. The second kappa shape index (κ2) is 6.60. The van der Waals surface area contributed by atoms with Gasteiger partial charge < -0.3 is 10.6 Å². The van der Waals surface area contributed by atoms with Gasteiger partial charge in [0.2, 0.25) is 0 Å². The van der Waals surface area contributed by atoms with Crippen LogP contribution in [0.25, 0.3) is 16.5 Å². The molecule has 7 nitrogen and oxygen atoms in total. The zero-order valence-electron chi connectivity index (χ0n) is 14.1. The van der Waals surface area contributed by atoms with Crippen molar-refractivity contribution in [2.24, 2.45) is 0 Å². The monoisotopic (exact) mass is 336 g/mol. The third-order valence-electron chi connectivity index (χ3n) is 4.67. The Balaban J connectivity index is 1.65. The van der Waals surface area contributed by atoms with Crippen LogP contribution in [0.1, 0.15) is 29.0 Å². The average Bonchev–Trinajstić information content (AvgIpc) is 3.03. The molecule has 128 valence electrons. The maximum absolute atomic E-state index is 12.6. The van der Waals surface area contributed by atoms with Crippen molar-refractivity contribution in [1.29, 1.82) is 0 Å². The smallest absolute Gasteiger partial charge is 0.273 e. The van der Waals surface area contributed by atoms with Crippen LogP contribution in [0.15, 0.2) is 36.7 Å². The van der Waals surface area contributed by atoms with Gasteiger partial charge >= 0.3 is 0 Å². The molecule has 0 saturated carbocycles. The van der Waals surface area contributed by atoms with Gasteiger partial charge in [-0.1, -0.05) is 17.3 Å². The van der Waals surface area contributed by atoms with Gasteiger partial charge in [0.05, 0.1) is 11.4 Å². The van der Waals surface area contributed by atoms with E-state index in [1.807, 2.05) is 37.4 Å². The molecule has 1 aliphatic heterocycles. The van der Waals surface area contributed by atoms with Gasteiger partial charge in [-0.15, -0.1) is 5.10 Å². The van der Waals surface area contributed by atoms with Crippen molar-refractivity contribution in [2.45, 2.75) is 25.8 Å². The molecule has 0 unspecified atom stereocenters. The predicted molar refractivity (Wildman–Crippen MR) is 94.8 cm³/mol. The van der Waals surface area contributed by atoms with Crippen LogP contribution >= 0.6 is 0 Å². The summed E-state index contributed by atoms with van der Waals surface area (Å²) in [7, 11) is 0. The fourth-order valence-electron chi connectivity index (χ4n) is 3.28. The number of benzene rings is 1. The van der Waals surface area contributed by atoms with Crippen molar-refractivity contribution in [3.63, 3.8) is 0 Å². The summed E-state index contributed by atoms with van der Waals surface area (Å²) >= 11 is 0. The topological polar surface area (TPSA) is 84.7 Å². The van der Waals surface area contributed by atoms with Gasteiger partial charge in [0.15, 0.2) is 5.69 Å². The molecule has 0 bridgehead atoms. The summed E-state index contributed by atoms with van der Waals surface area (Å²) in [6.45, 7) is 3.73. The normalized spacial score (nSPS) is 15.4. The van der Waals surface area contributed by atoms with E-state index in [0.717, 1.165) is 48.1 Å². The first-order valence-corrected chi connectivity index (χ1v) is 8.51. The molecule has 2 N–H and O–H groups in total. The lowest BCUT2D eigenvalue weighted by molar-refractivity contribution is 0.0923. The van der Waals surface area contributed by atoms with Crippen LogP contribution < -0.4 is 10.6 Å². The summed E-state index contributed by atoms with van der Waals surface area (Å²) < 4.78 is 1.72. The van der Waals surface area contributed by atoms with Gasteiger partial charge in [0, 0.05) is 29.2 Å². The lowest BCUT2D eigenvalue weighted by Crippen LogP contribution is -2.43. The standard InChI is InChI=1S/C18H20N6O/c1-12-17(18(25)21-14-5-8-19-9-6-14)22-23-24(12)16-4-2-3-13-11-20-10-7-15(13)16/h2-4,7,10-11,14,19H,5-6,8-9H2,1H3,(H,21,25). The number of nitrogens with zero attached hydrogens (tertiary/aromatic N) is 4. The summed E-state index contributed by atoms with van der Waals surface area (Å²) in [4.78, 5) is 16.7. The van der Waals surface area contributed by atoms with Crippen LogP contribution in [-0.4, -0.2) is 45.0 Å². The quantitative estimate of drug-likeness (QED) is 0.759. The fraction of sp³-hybridized carbons (Fsp3) is 0.333. The molecule has 1 aromatic carbocycles. The Kier molecular flexibility index (Phi) is 4.15. The minimum atomic E-state index is -0.155. The zero-order valence-corrected chi connectivity index (χ0v) is 14.1. The highest BCUT2D eigenvalue weighted by Gasteiger charge is 2.22. The summed E-state index contributed by atoms with van der Waals surface area (Å²) in [5.74, 6) is -0.155. The van der Waals surface area contributed by atoms with Crippen molar-refractivity contribution < 1.29 is 4.79 Å². The summed E-state index contributed by atoms with van der Waals surface area (Å²) in [5.41, 5.74) is 2.01. The largest absolute Gasteiger partial charge is 0.348 e. The molecule has 0 spiro atoms. The Morgan fingerprint density at radius 1 is 1.28 bits per heavy atom. The summed E-state index contributed by atoms with van der Waals surface area (Å²) in [6.07, 6.45) is 5.45. The molecule has 1 saturated heterocycles. The number of fused-ring (bicyclic) bond motifs is 1. The highest BCUT2D eigenvalue weighted by Crippen LogP contribution is 2.22. The van der Waals surface area contributed by atoms with Gasteiger partial charge in [-0.05, 0) is 45.0 Å². The Bertz CT molecular complexity index is 908. The molecule has 1 fully saturated rings. The third-order valence-corrected chi connectivity index (χ3v) is 4.67. The first kappa shape index (κ1) is 15.7. The summed E-state index contributed by atoms with van der Waals surface area (Å²) in [5, 5.41) is 16.8. The van der Waals surface area contributed by atoms with E-state index in [9.17, 15) is 4.79 Å². The number of hydrogen-bond donors (Lipinski definition) is 2. The molecule has 1 aliphatic rings. The highest BCUT2D eigenvalue weighted by molar-refractivity contribution is 5.94. The molecule has 25 heavy (non-hydrogen) atoms. The molecular formula is C18H20N6O. The van der Waals surface area contributed by atoms with Crippen molar-refractivity contribution in [3.8, 4) is 5.69 Å². The Morgan fingerprint density at radius 2 is 2.12 bits per heavy atom. The van der Waals surface area contributed by atoms with E-state index in [1.165, 1.54) is 0 Å². The number of pyridine rings is 1. The van der Waals surface area contributed by atoms with E-state index in [-0.39, 0.29) is 11.9 Å². The van der Waals surface area contributed by atoms with E-state index in [1.54, 1.807) is 10.9 Å². The number of piperidine rings is 1. The average molecular weight is 336 g/mol. The number of amides is 1. The number of rotatable bonds is 3. The maximum atomic E-state index is 12.6. The minimum Gasteiger partial charge on any atom is -0.348 e. The third kappa shape index (κ3) is 2.98. The molecule has 1 amide bonds. The number of carbonyl (C=O) groups is 1.